The Morgan fingerprint density at radius 2 is 1.67 bits per heavy atom. The van der Waals surface area contributed by atoms with Crippen LogP contribution in [0.15, 0.2) is 78.7 Å². The summed E-state index contributed by atoms with van der Waals surface area (Å²) < 4.78 is 0. The van der Waals surface area contributed by atoms with Gasteiger partial charge in [-0.15, -0.1) is 34.9 Å². The Kier molecular flexibility index (Phi) is 10.8. The van der Waals surface area contributed by atoms with Crippen molar-refractivity contribution in [3.05, 3.63) is 107 Å². The number of aromatic nitrogens is 1. The fraction of sp³-hybridized carbons (Fsp3) is 0.250. The first-order valence-electron chi connectivity index (χ1n) is 12.0. The molecule has 0 unspecified atom stereocenters. The molecule has 1 N–H and O–H groups in total. The summed E-state index contributed by atoms with van der Waals surface area (Å²) in [6, 6.07) is 25.7. The summed E-state index contributed by atoms with van der Waals surface area (Å²) in [7, 11) is 0. The molecule has 0 saturated heterocycles. The summed E-state index contributed by atoms with van der Waals surface area (Å²) >= 11 is 0. The minimum atomic E-state index is -0.119. The molecule has 0 saturated carbocycles. The minimum Gasteiger partial charge on any atom is -0.512 e. The van der Waals surface area contributed by atoms with Gasteiger partial charge in [0.1, 0.15) is 5.76 Å². The van der Waals surface area contributed by atoms with Crippen LogP contribution in [-0.2, 0) is 31.3 Å². The number of aliphatic hydroxyl groups is 1. The molecule has 1 aromatic heterocycles. The van der Waals surface area contributed by atoms with Crippen molar-refractivity contribution < 1.29 is 30.0 Å². The van der Waals surface area contributed by atoms with E-state index >= 15 is 0 Å². The fourth-order valence-electron chi connectivity index (χ4n) is 4.34. The van der Waals surface area contributed by atoms with Gasteiger partial charge in [0.15, 0.2) is 5.78 Å². The monoisotopic (exact) mass is 657 g/mol. The van der Waals surface area contributed by atoms with Crippen LogP contribution in [0.25, 0.3) is 27.6 Å². The number of hydrogen-bond donors (Lipinski definition) is 1. The van der Waals surface area contributed by atoms with Crippen LogP contribution in [0.2, 0.25) is 0 Å². The summed E-state index contributed by atoms with van der Waals surface area (Å²) in [6.45, 7) is 11.7. The van der Waals surface area contributed by atoms with E-state index in [1.807, 2.05) is 24.4 Å². The molecule has 1 heterocycles. The maximum Gasteiger partial charge on any atom is 0.163 e. The third-order valence-electron chi connectivity index (χ3n) is 5.65. The zero-order chi connectivity index (χ0) is 25.5. The number of carbonyl (C=O) groups excluding carboxylic acids is 1. The molecule has 4 rings (SSSR count). The molecule has 36 heavy (non-hydrogen) atoms. The second-order valence-corrected chi connectivity index (χ2v) is 9.45. The van der Waals surface area contributed by atoms with Crippen LogP contribution in [0.5, 0.6) is 0 Å². The standard InChI is InChI=1S/C21H22N.C11H12O2.Ir/c1-14(2)9-17-5-6-20-18(13-17)7-8-22-21(20)19-11-15(3)10-16(4)12-19;1-8(12)11(9(2)13)10-6-4-3-5-7-10;/h5-8,10-11,13-14H,9H2,1-4H3;3-7,12H,1-2H3;/q-1;;/b;11-8+;. The molecule has 0 aliphatic carbocycles. The van der Waals surface area contributed by atoms with Gasteiger partial charge in [-0.05, 0) is 59.8 Å². The van der Waals surface area contributed by atoms with Crippen molar-refractivity contribution in [1.82, 2.24) is 4.98 Å². The zero-order valence-corrected chi connectivity index (χ0v) is 24.2. The van der Waals surface area contributed by atoms with E-state index in [1.54, 1.807) is 12.1 Å². The van der Waals surface area contributed by atoms with E-state index in [1.165, 1.54) is 35.7 Å². The van der Waals surface area contributed by atoms with Gasteiger partial charge < -0.3 is 10.1 Å². The molecule has 3 aromatic carbocycles. The van der Waals surface area contributed by atoms with E-state index < -0.39 is 0 Å². The average molecular weight is 657 g/mol. The predicted octanol–water partition coefficient (Wildman–Crippen LogP) is 8.08. The molecular weight excluding hydrogens is 623 g/mol. The topological polar surface area (TPSA) is 50.2 Å². The molecule has 4 heteroatoms. The largest absolute Gasteiger partial charge is 0.512 e. The maximum absolute atomic E-state index is 11.2. The number of fused-ring (bicyclic) bond motifs is 1. The van der Waals surface area contributed by atoms with Crippen LogP contribution < -0.4 is 0 Å². The molecule has 0 aliphatic rings. The van der Waals surface area contributed by atoms with Crippen LogP contribution in [0.3, 0.4) is 0 Å². The van der Waals surface area contributed by atoms with Crippen molar-refractivity contribution in [2.45, 2.75) is 48.0 Å². The van der Waals surface area contributed by atoms with Gasteiger partial charge in [0, 0.05) is 26.3 Å². The van der Waals surface area contributed by atoms with Crippen molar-refractivity contribution in [1.29, 1.82) is 0 Å². The van der Waals surface area contributed by atoms with Gasteiger partial charge in [0.2, 0.25) is 0 Å². The number of pyridine rings is 1. The van der Waals surface area contributed by atoms with E-state index in [9.17, 15) is 9.90 Å². The van der Waals surface area contributed by atoms with Crippen LogP contribution in [-0.4, -0.2) is 15.9 Å². The number of nitrogens with zero attached hydrogens (tertiary/aromatic N) is 1. The number of benzene rings is 3. The quantitative estimate of drug-likeness (QED) is 0.134. The fourth-order valence-corrected chi connectivity index (χ4v) is 4.34. The van der Waals surface area contributed by atoms with Gasteiger partial charge in [-0.25, -0.2) is 0 Å². The number of allylic oxidation sites excluding steroid dienone is 2. The molecular formula is C32H34IrNO2-. The maximum atomic E-state index is 11.2. The molecule has 3 nitrogen and oxygen atoms in total. The Morgan fingerprint density at radius 3 is 2.25 bits per heavy atom. The number of carbonyl (C=O) groups is 1. The molecule has 1 radical (unpaired) electrons. The van der Waals surface area contributed by atoms with Gasteiger partial charge in [0.25, 0.3) is 0 Å². The number of Topliss-reactive ketones (excluding diaryl/α,β-unsaturated/α-hetero) is 1. The Hall–Kier alpha value is -3.07. The Balaban J connectivity index is 0.000000281. The van der Waals surface area contributed by atoms with E-state index in [4.69, 9.17) is 0 Å². The SMILES string of the molecule is CC(=O)/C(=C(/C)O)c1ccccc1.Cc1[c-]c(-c2nccc3cc(CC(C)C)ccc23)cc(C)c1.[Ir]. The summed E-state index contributed by atoms with van der Waals surface area (Å²) in [6.07, 6.45) is 3.02. The Morgan fingerprint density at radius 1 is 0.972 bits per heavy atom. The molecule has 189 valence electrons. The molecule has 0 spiro atoms. The summed E-state index contributed by atoms with van der Waals surface area (Å²) in [5.74, 6) is 0.622. The number of ketones is 1. The van der Waals surface area contributed by atoms with Gasteiger partial charge in [-0.3, -0.25) is 4.79 Å². The second-order valence-electron chi connectivity index (χ2n) is 9.45. The van der Waals surface area contributed by atoms with Crippen LogP contribution in [0.4, 0.5) is 0 Å². The second kappa shape index (κ2) is 13.3. The third-order valence-corrected chi connectivity index (χ3v) is 5.65. The number of rotatable bonds is 5. The van der Waals surface area contributed by atoms with Crippen molar-refractivity contribution >= 4 is 22.1 Å². The number of aryl methyl sites for hydroxylation is 2. The molecule has 0 atom stereocenters. The summed E-state index contributed by atoms with van der Waals surface area (Å²) in [4.78, 5) is 15.8. The molecule has 0 bridgehead atoms. The number of aliphatic hydroxyl groups excluding tert-OH is 1. The van der Waals surface area contributed by atoms with Crippen LogP contribution >= 0.6 is 0 Å². The van der Waals surface area contributed by atoms with Crippen LogP contribution in [0.1, 0.15) is 49.9 Å². The Labute approximate surface area is 228 Å². The Bertz CT molecular complexity index is 1330. The van der Waals surface area contributed by atoms with Crippen molar-refractivity contribution in [2.75, 3.05) is 0 Å². The molecule has 0 fully saturated rings. The molecule has 0 aliphatic heterocycles. The van der Waals surface area contributed by atoms with Gasteiger partial charge in [-0.2, -0.15) is 0 Å². The van der Waals surface area contributed by atoms with Crippen molar-refractivity contribution in [2.24, 2.45) is 5.92 Å². The molecule has 0 amide bonds. The summed E-state index contributed by atoms with van der Waals surface area (Å²) in [5, 5.41) is 11.8. The summed E-state index contributed by atoms with van der Waals surface area (Å²) in [5.41, 5.74) is 7.06. The van der Waals surface area contributed by atoms with Crippen molar-refractivity contribution in [3.8, 4) is 11.3 Å². The normalized spacial score (nSPS) is 11.3. The molecule has 4 aromatic rings. The van der Waals surface area contributed by atoms with Crippen LogP contribution in [0, 0.1) is 25.8 Å². The first kappa shape index (κ1) is 29.2. The first-order valence-corrected chi connectivity index (χ1v) is 12.0. The average Bonchev–Trinajstić information content (AvgIpc) is 2.78. The first-order chi connectivity index (χ1) is 16.7. The van der Waals surface area contributed by atoms with Gasteiger partial charge in [0.05, 0.1) is 5.57 Å². The van der Waals surface area contributed by atoms with E-state index in [0.29, 0.717) is 11.5 Å². The van der Waals surface area contributed by atoms with Crippen molar-refractivity contribution in [3.63, 3.8) is 0 Å². The third kappa shape index (κ3) is 7.71. The van der Waals surface area contributed by atoms with Gasteiger partial charge >= 0.3 is 0 Å². The number of hydrogen-bond acceptors (Lipinski definition) is 3. The zero-order valence-electron chi connectivity index (χ0n) is 21.8. The van der Waals surface area contributed by atoms with Gasteiger partial charge in [-0.1, -0.05) is 76.2 Å². The van der Waals surface area contributed by atoms with E-state index in [-0.39, 0.29) is 31.6 Å². The predicted molar refractivity (Wildman–Crippen MR) is 146 cm³/mol. The minimum absolute atomic E-state index is 0. The smallest absolute Gasteiger partial charge is 0.163 e. The van der Waals surface area contributed by atoms with E-state index in [0.717, 1.165) is 28.8 Å². The van der Waals surface area contributed by atoms with E-state index in [2.05, 4.69) is 75.1 Å².